The molecule has 7 heteroatoms. The summed E-state index contributed by atoms with van der Waals surface area (Å²) in [5, 5.41) is 2.70. The van der Waals surface area contributed by atoms with Crippen LogP contribution < -0.4 is 5.32 Å². The number of nitrogens with one attached hydrogen (secondary N) is 1. The van der Waals surface area contributed by atoms with Gasteiger partial charge in [-0.05, 0) is 24.1 Å². The molecule has 0 fully saturated rings. The van der Waals surface area contributed by atoms with Crippen LogP contribution in [0.2, 0.25) is 5.02 Å². The fourth-order valence-electron chi connectivity index (χ4n) is 1.60. The quantitative estimate of drug-likeness (QED) is 0.855. The summed E-state index contributed by atoms with van der Waals surface area (Å²) < 4.78 is 42.2. The lowest BCUT2D eigenvalue weighted by molar-refractivity contribution is -0.142. The number of halogens is 4. The first-order valence-electron chi connectivity index (χ1n) is 5.88. The van der Waals surface area contributed by atoms with E-state index in [1.54, 1.807) is 13.8 Å². The van der Waals surface area contributed by atoms with Gasteiger partial charge in [-0.3, -0.25) is 0 Å². The highest BCUT2D eigenvalue weighted by atomic mass is 35.5. The second-order valence-corrected chi connectivity index (χ2v) is 4.99. The van der Waals surface area contributed by atoms with Crippen LogP contribution >= 0.6 is 11.6 Å². The highest BCUT2D eigenvalue weighted by Gasteiger charge is 2.31. The summed E-state index contributed by atoms with van der Waals surface area (Å²) in [5.74, 6) is -0.614. The number of anilines is 1. The number of alkyl halides is 3. The van der Waals surface area contributed by atoms with Crippen molar-refractivity contribution in [2.45, 2.75) is 26.1 Å². The summed E-state index contributed by atoms with van der Waals surface area (Å²) in [7, 11) is 1.24. The third kappa shape index (κ3) is 4.03. The number of carbonyl (C=O) groups excluding carboxylic acids is 1. The Hall–Kier alpha value is -1.43. The summed E-state index contributed by atoms with van der Waals surface area (Å²) in [4.78, 5) is 11.6. The van der Waals surface area contributed by atoms with Crippen LogP contribution in [0.3, 0.4) is 0 Å². The van der Waals surface area contributed by atoms with Crippen molar-refractivity contribution in [1.82, 2.24) is 0 Å². The van der Waals surface area contributed by atoms with Gasteiger partial charge in [0.05, 0.1) is 23.4 Å². The van der Waals surface area contributed by atoms with Crippen LogP contribution in [0, 0.1) is 5.92 Å². The van der Waals surface area contributed by atoms with Crippen molar-refractivity contribution < 1.29 is 22.7 Å². The highest BCUT2D eigenvalue weighted by molar-refractivity contribution is 6.33. The number of benzene rings is 1. The monoisotopic (exact) mass is 309 g/mol. The van der Waals surface area contributed by atoms with Gasteiger partial charge in [0.25, 0.3) is 0 Å². The van der Waals surface area contributed by atoms with E-state index < -0.39 is 23.8 Å². The predicted molar refractivity (Wildman–Crippen MR) is 70.7 cm³/mol. The first-order valence-corrected chi connectivity index (χ1v) is 6.25. The molecule has 0 aliphatic rings. The Bertz CT molecular complexity index is 489. The zero-order valence-corrected chi connectivity index (χ0v) is 12.0. The lowest BCUT2D eigenvalue weighted by Crippen LogP contribution is -2.35. The average Bonchev–Trinajstić information content (AvgIpc) is 2.34. The highest BCUT2D eigenvalue weighted by Crippen LogP contribution is 2.34. The lowest BCUT2D eigenvalue weighted by atomic mass is 10.0. The molecule has 0 amide bonds. The molecule has 0 aliphatic carbocycles. The summed E-state index contributed by atoms with van der Waals surface area (Å²) in [6, 6.07) is 2.24. The topological polar surface area (TPSA) is 38.3 Å². The Kier molecular flexibility index (Phi) is 5.28. The largest absolute Gasteiger partial charge is 0.467 e. The van der Waals surface area contributed by atoms with Crippen LogP contribution in [0.4, 0.5) is 18.9 Å². The minimum Gasteiger partial charge on any atom is -0.467 e. The molecule has 0 aromatic heterocycles. The fraction of sp³-hybridized carbons (Fsp3) is 0.462. The smallest absolute Gasteiger partial charge is 0.416 e. The van der Waals surface area contributed by atoms with E-state index >= 15 is 0 Å². The number of hydrogen-bond acceptors (Lipinski definition) is 3. The Labute approximate surface area is 120 Å². The molecule has 20 heavy (non-hydrogen) atoms. The molecule has 0 bridgehead atoms. The molecule has 0 radical (unpaired) electrons. The molecule has 112 valence electrons. The third-order valence-electron chi connectivity index (χ3n) is 2.73. The van der Waals surface area contributed by atoms with Gasteiger partial charge in [-0.15, -0.1) is 0 Å². The number of hydrogen-bond donors (Lipinski definition) is 1. The second-order valence-electron chi connectivity index (χ2n) is 4.58. The van der Waals surface area contributed by atoms with Gasteiger partial charge in [-0.2, -0.15) is 13.2 Å². The van der Waals surface area contributed by atoms with Crippen LogP contribution in [0.25, 0.3) is 0 Å². The van der Waals surface area contributed by atoms with E-state index in [0.29, 0.717) is 0 Å². The summed E-state index contributed by atoms with van der Waals surface area (Å²) >= 11 is 5.82. The summed E-state index contributed by atoms with van der Waals surface area (Å²) in [5.41, 5.74) is -0.587. The van der Waals surface area contributed by atoms with E-state index in [-0.39, 0.29) is 16.6 Å². The molecule has 0 heterocycles. The zero-order valence-electron chi connectivity index (χ0n) is 11.2. The van der Waals surface area contributed by atoms with Crippen molar-refractivity contribution in [2.24, 2.45) is 5.92 Å². The van der Waals surface area contributed by atoms with Gasteiger partial charge in [0.15, 0.2) is 0 Å². The maximum Gasteiger partial charge on any atom is 0.416 e. The van der Waals surface area contributed by atoms with E-state index in [2.05, 4.69) is 10.1 Å². The number of carbonyl (C=O) groups is 1. The summed E-state index contributed by atoms with van der Waals surface area (Å²) in [6.07, 6.45) is -4.46. The first-order chi connectivity index (χ1) is 9.16. The first kappa shape index (κ1) is 16.6. The van der Waals surface area contributed by atoms with Gasteiger partial charge in [-0.1, -0.05) is 25.4 Å². The van der Waals surface area contributed by atoms with Crippen LogP contribution in [0.5, 0.6) is 0 Å². The van der Waals surface area contributed by atoms with Crippen molar-refractivity contribution in [2.75, 3.05) is 12.4 Å². The van der Waals surface area contributed by atoms with Crippen LogP contribution in [-0.2, 0) is 15.7 Å². The predicted octanol–water partition coefficient (Wildman–Crippen LogP) is 3.97. The standard InChI is InChI=1S/C13H15ClF3NO2/c1-7(2)11(12(19)20-3)18-10-5-4-8(6-9(10)14)13(15,16)17/h4-7,11,18H,1-3H3/t11-/m0/s1. The lowest BCUT2D eigenvalue weighted by Gasteiger charge is -2.22. The molecule has 1 aromatic rings. The van der Waals surface area contributed by atoms with Crippen LogP contribution in [0.1, 0.15) is 19.4 Å². The molecule has 0 saturated carbocycles. The van der Waals surface area contributed by atoms with Crippen LogP contribution in [0.15, 0.2) is 18.2 Å². The van der Waals surface area contributed by atoms with E-state index in [0.717, 1.165) is 12.1 Å². The molecule has 1 N–H and O–H groups in total. The number of ether oxygens (including phenoxy) is 1. The second kappa shape index (κ2) is 6.35. The van der Waals surface area contributed by atoms with Gasteiger partial charge < -0.3 is 10.1 Å². The van der Waals surface area contributed by atoms with Crippen molar-refractivity contribution >= 4 is 23.3 Å². The van der Waals surface area contributed by atoms with Crippen molar-refractivity contribution in [3.63, 3.8) is 0 Å². The van der Waals surface area contributed by atoms with Gasteiger partial charge in [0.2, 0.25) is 0 Å². The normalized spacial score (nSPS) is 13.2. The Morgan fingerprint density at radius 1 is 1.35 bits per heavy atom. The number of rotatable bonds is 4. The molecule has 1 rings (SSSR count). The van der Waals surface area contributed by atoms with Gasteiger partial charge in [-0.25, -0.2) is 4.79 Å². The molecule has 0 spiro atoms. The summed E-state index contributed by atoms with van der Waals surface area (Å²) in [6.45, 7) is 3.57. The zero-order chi connectivity index (χ0) is 15.5. The minimum atomic E-state index is -4.46. The molecule has 1 atom stereocenters. The molecule has 3 nitrogen and oxygen atoms in total. The number of esters is 1. The number of methoxy groups -OCH3 is 1. The Morgan fingerprint density at radius 2 is 1.95 bits per heavy atom. The minimum absolute atomic E-state index is 0.102. The maximum absolute atomic E-state index is 12.5. The Morgan fingerprint density at radius 3 is 2.35 bits per heavy atom. The molecule has 0 saturated heterocycles. The maximum atomic E-state index is 12.5. The molecular formula is C13H15ClF3NO2. The third-order valence-corrected chi connectivity index (χ3v) is 3.04. The average molecular weight is 310 g/mol. The van der Waals surface area contributed by atoms with Crippen molar-refractivity contribution in [1.29, 1.82) is 0 Å². The van der Waals surface area contributed by atoms with Gasteiger partial charge in [0, 0.05) is 0 Å². The van der Waals surface area contributed by atoms with E-state index in [4.69, 9.17) is 11.6 Å². The molecule has 0 unspecified atom stereocenters. The van der Waals surface area contributed by atoms with Crippen molar-refractivity contribution in [3.8, 4) is 0 Å². The van der Waals surface area contributed by atoms with Crippen molar-refractivity contribution in [3.05, 3.63) is 28.8 Å². The molecular weight excluding hydrogens is 295 g/mol. The van der Waals surface area contributed by atoms with Gasteiger partial charge in [0.1, 0.15) is 6.04 Å². The Balaban J connectivity index is 3.00. The van der Waals surface area contributed by atoms with E-state index in [9.17, 15) is 18.0 Å². The molecule has 0 aliphatic heterocycles. The van der Waals surface area contributed by atoms with E-state index in [1.165, 1.54) is 13.2 Å². The SMILES string of the molecule is COC(=O)[C@@H](Nc1ccc(C(F)(F)F)cc1Cl)C(C)C. The van der Waals surface area contributed by atoms with Crippen LogP contribution in [-0.4, -0.2) is 19.1 Å². The molecule has 1 aromatic carbocycles. The van der Waals surface area contributed by atoms with Gasteiger partial charge >= 0.3 is 12.1 Å². The fourth-order valence-corrected chi connectivity index (χ4v) is 1.84. The van der Waals surface area contributed by atoms with E-state index in [1.807, 2.05) is 0 Å².